The van der Waals surface area contributed by atoms with Gasteiger partial charge in [0.15, 0.2) is 0 Å². The van der Waals surface area contributed by atoms with Crippen LogP contribution < -0.4 is 5.73 Å². The Hall–Kier alpha value is -0.130. The third-order valence-electron chi connectivity index (χ3n) is 0.625. The lowest BCUT2D eigenvalue weighted by atomic mass is 10.7. The van der Waals surface area contributed by atoms with Crippen molar-refractivity contribution in [2.75, 3.05) is 12.0 Å². The van der Waals surface area contributed by atoms with E-state index in [-0.39, 0.29) is 15.3 Å². The lowest BCUT2D eigenvalue weighted by molar-refractivity contribution is -0.204. The Labute approximate surface area is 61.0 Å². The smallest absolute Gasteiger partial charge is 0.224 e. The van der Waals surface area contributed by atoms with E-state index in [2.05, 4.69) is 4.89 Å². The van der Waals surface area contributed by atoms with Gasteiger partial charge in [0.05, 0.1) is 0 Å². The highest BCUT2D eigenvalue weighted by molar-refractivity contribution is 8.28. The quantitative estimate of drug-likeness (QED) is 0.352. The van der Waals surface area contributed by atoms with Crippen LogP contribution in [0.4, 0.5) is 0 Å². The van der Waals surface area contributed by atoms with Crippen LogP contribution >= 0.6 is 0 Å². The Morgan fingerprint density at radius 1 is 2.00 bits per heavy atom. The predicted octanol–water partition coefficient (Wildman–Crippen LogP) is -0.0139. The fourth-order valence-corrected chi connectivity index (χ4v) is 0.840. The molecule has 0 heterocycles. The van der Waals surface area contributed by atoms with Gasteiger partial charge in [-0.15, -0.1) is 9.45 Å². The van der Waals surface area contributed by atoms with Crippen LogP contribution in [0, 0.1) is 0 Å². The maximum atomic E-state index is 7.92. The van der Waals surface area contributed by atoms with Gasteiger partial charge < -0.3 is 10.6 Å². The van der Waals surface area contributed by atoms with E-state index >= 15 is 0 Å². The molecule has 0 bridgehead atoms. The molecule has 0 aromatic heterocycles. The summed E-state index contributed by atoms with van der Waals surface area (Å²) in [5.41, 5.74) is 5.07. The highest BCUT2D eigenvalue weighted by atomic mass is 32.8. The molecule has 1 atom stereocenters. The first kappa shape index (κ1) is 8.87. The van der Waals surface area contributed by atoms with Crippen molar-refractivity contribution in [3.8, 4) is 0 Å². The van der Waals surface area contributed by atoms with Gasteiger partial charge in [-0.05, 0) is 12.3 Å². The van der Waals surface area contributed by atoms with Crippen LogP contribution in [0.25, 0.3) is 0 Å². The Bertz CT molecular complexity index is 135. The standard InChI is InChI=1S/C4H9NO2S2/c1-9(8)3-2-4(5)7-6/h2,6H,3,5H2,1H3/b4-2-. The first-order chi connectivity index (χ1) is 4.16. The third kappa shape index (κ3) is 5.75. The van der Waals surface area contributed by atoms with Crippen LogP contribution in [0.1, 0.15) is 0 Å². The zero-order valence-corrected chi connectivity index (χ0v) is 6.67. The van der Waals surface area contributed by atoms with Crippen molar-refractivity contribution >= 4 is 20.6 Å². The SMILES string of the molecule is CS(=S)C/C=C(/N)OO. The first-order valence-corrected chi connectivity index (χ1v) is 4.96. The molecule has 0 aliphatic heterocycles. The van der Waals surface area contributed by atoms with Gasteiger partial charge >= 0.3 is 0 Å². The highest BCUT2D eigenvalue weighted by Gasteiger charge is 1.86. The fourth-order valence-electron chi connectivity index (χ4n) is 0.237. The van der Waals surface area contributed by atoms with Crippen LogP contribution in [-0.4, -0.2) is 17.3 Å². The van der Waals surface area contributed by atoms with Gasteiger partial charge in [-0.1, -0.05) is 11.2 Å². The molecule has 0 saturated carbocycles. The highest BCUT2D eigenvalue weighted by Crippen LogP contribution is 1.84. The molecule has 0 aliphatic rings. The molecule has 5 heteroatoms. The van der Waals surface area contributed by atoms with E-state index in [0.29, 0.717) is 5.75 Å². The van der Waals surface area contributed by atoms with Crippen molar-refractivity contribution in [1.82, 2.24) is 0 Å². The van der Waals surface area contributed by atoms with Crippen LogP contribution in [0.3, 0.4) is 0 Å². The summed E-state index contributed by atoms with van der Waals surface area (Å²) >= 11 is 4.84. The summed E-state index contributed by atoms with van der Waals surface area (Å²) < 4.78 is 0. The molecular formula is C4H9NO2S2. The molecule has 0 aliphatic carbocycles. The summed E-state index contributed by atoms with van der Waals surface area (Å²) in [4.78, 5) is 3.70. The van der Waals surface area contributed by atoms with E-state index < -0.39 is 0 Å². The molecule has 0 saturated heterocycles. The van der Waals surface area contributed by atoms with Crippen molar-refractivity contribution in [3.05, 3.63) is 12.0 Å². The van der Waals surface area contributed by atoms with Gasteiger partial charge in [0.25, 0.3) is 0 Å². The molecule has 3 nitrogen and oxygen atoms in total. The van der Waals surface area contributed by atoms with E-state index in [1.54, 1.807) is 6.08 Å². The predicted molar refractivity (Wildman–Crippen MR) is 41.5 cm³/mol. The van der Waals surface area contributed by atoms with Gasteiger partial charge in [0, 0.05) is 5.75 Å². The molecule has 1 unspecified atom stereocenters. The van der Waals surface area contributed by atoms with Gasteiger partial charge in [-0.2, -0.15) is 0 Å². The summed E-state index contributed by atoms with van der Waals surface area (Å²) in [5.74, 6) is 0.682. The number of nitrogens with two attached hydrogens (primary N) is 1. The molecule has 9 heavy (non-hydrogen) atoms. The topological polar surface area (TPSA) is 55.5 Å². The Kier molecular flexibility index (Phi) is 4.65. The molecule has 3 N–H and O–H groups in total. The number of rotatable bonds is 3. The van der Waals surface area contributed by atoms with Crippen LogP contribution in [0.15, 0.2) is 12.0 Å². The normalized spacial score (nSPS) is 15.1. The molecule has 0 aromatic rings. The molecule has 0 radical (unpaired) electrons. The fraction of sp³-hybridized carbons (Fsp3) is 0.500. The van der Waals surface area contributed by atoms with E-state index in [1.807, 2.05) is 6.26 Å². The van der Waals surface area contributed by atoms with Crippen molar-refractivity contribution in [2.45, 2.75) is 0 Å². The Balaban J connectivity index is 3.56. The van der Waals surface area contributed by atoms with Gasteiger partial charge in [-0.25, -0.2) is 5.26 Å². The third-order valence-corrected chi connectivity index (χ3v) is 1.67. The summed E-state index contributed by atoms with van der Waals surface area (Å²) in [6, 6.07) is 0. The van der Waals surface area contributed by atoms with Gasteiger partial charge in [0.2, 0.25) is 5.88 Å². The summed E-state index contributed by atoms with van der Waals surface area (Å²) in [5, 5.41) is 7.92. The van der Waals surface area contributed by atoms with E-state index in [4.69, 9.17) is 22.2 Å². The maximum absolute atomic E-state index is 7.92. The zero-order valence-electron chi connectivity index (χ0n) is 5.03. The molecule has 0 fully saturated rings. The number of hydrogen-bond acceptors (Lipinski definition) is 4. The Morgan fingerprint density at radius 2 is 2.56 bits per heavy atom. The summed E-state index contributed by atoms with van der Waals surface area (Å²) in [6.45, 7) is 0. The molecule has 0 rings (SSSR count). The first-order valence-electron chi connectivity index (χ1n) is 2.24. The summed E-state index contributed by atoms with van der Waals surface area (Å²) in [7, 11) is -0.102. The average molecular weight is 167 g/mol. The minimum absolute atomic E-state index is 0.0131. The monoisotopic (exact) mass is 167 g/mol. The summed E-state index contributed by atoms with van der Waals surface area (Å²) in [6.07, 6.45) is 3.45. The molecule has 0 spiro atoms. The van der Waals surface area contributed by atoms with Crippen LogP contribution in [0.2, 0.25) is 0 Å². The molecular weight excluding hydrogens is 158 g/mol. The maximum Gasteiger partial charge on any atom is 0.224 e. The van der Waals surface area contributed by atoms with E-state index in [0.717, 1.165) is 0 Å². The zero-order chi connectivity index (χ0) is 7.28. The lowest BCUT2D eigenvalue weighted by Crippen LogP contribution is -2.01. The largest absolute Gasteiger partial charge is 0.367 e. The molecule has 0 aromatic carbocycles. The van der Waals surface area contributed by atoms with Crippen molar-refractivity contribution in [2.24, 2.45) is 5.73 Å². The molecule has 54 valence electrons. The second-order valence-corrected chi connectivity index (χ2v) is 4.62. The minimum atomic E-state index is -0.102. The van der Waals surface area contributed by atoms with E-state index in [9.17, 15) is 0 Å². The lowest BCUT2D eigenvalue weighted by Gasteiger charge is -1.93. The van der Waals surface area contributed by atoms with Crippen LogP contribution in [0.5, 0.6) is 0 Å². The average Bonchev–Trinajstić information content (AvgIpc) is 1.83. The Morgan fingerprint density at radius 3 is 2.89 bits per heavy atom. The molecule has 0 amide bonds. The van der Waals surface area contributed by atoms with Crippen molar-refractivity contribution in [1.29, 1.82) is 0 Å². The van der Waals surface area contributed by atoms with Gasteiger partial charge in [-0.3, -0.25) is 0 Å². The number of hydrogen-bond donors (Lipinski definition) is 2. The van der Waals surface area contributed by atoms with Crippen molar-refractivity contribution < 1.29 is 10.1 Å². The minimum Gasteiger partial charge on any atom is -0.367 e. The second kappa shape index (κ2) is 4.72. The van der Waals surface area contributed by atoms with Crippen LogP contribution in [-0.2, 0) is 25.5 Å². The second-order valence-electron chi connectivity index (χ2n) is 1.44. The van der Waals surface area contributed by atoms with E-state index in [1.165, 1.54) is 0 Å². The van der Waals surface area contributed by atoms with Gasteiger partial charge in [0.1, 0.15) is 0 Å². The van der Waals surface area contributed by atoms with Crippen molar-refractivity contribution in [3.63, 3.8) is 0 Å².